The van der Waals surface area contributed by atoms with Crippen LogP contribution in [0.2, 0.25) is 0 Å². The van der Waals surface area contributed by atoms with Crippen LogP contribution in [0, 0.1) is 0 Å². The molecular weight excluding hydrogens is 336 g/mol. The van der Waals surface area contributed by atoms with Gasteiger partial charge in [0.25, 0.3) is 0 Å². The Morgan fingerprint density at radius 3 is 2.77 bits per heavy atom. The molecule has 3 heterocycles. The summed E-state index contributed by atoms with van der Waals surface area (Å²) in [6.07, 6.45) is 0.684. The molecule has 1 aromatic heterocycles. The normalized spacial score (nSPS) is 23.8. The SMILES string of the molecule is CCc1cc2c(s1)C(C(=O)O)N1CC2N(OS(=O)(=O)O)C1=O. The van der Waals surface area contributed by atoms with Gasteiger partial charge in [0.15, 0.2) is 6.04 Å². The number of hydroxylamine groups is 2. The summed E-state index contributed by atoms with van der Waals surface area (Å²) in [6, 6.07) is -1.11. The zero-order chi connectivity index (χ0) is 16.2. The molecule has 3 rings (SSSR count). The van der Waals surface area contributed by atoms with Gasteiger partial charge in [0.05, 0.1) is 6.54 Å². The number of fused-ring (bicyclic) bond motifs is 4. The first-order valence-electron chi connectivity index (χ1n) is 6.35. The molecule has 0 radical (unpaired) electrons. The van der Waals surface area contributed by atoms with Gasteiger partial charge in [-0.25, -0.2) is 9.59 Å². The number of aliphatic carboxylic acids is 1. The molecule has 1 saturated heterocycles. The van der Waals surface area contributed by atoms with Crippen LogP contribution in [0.3, 0.4) is 0 Å². The third-order valence-electron chi connectivity index (χ3n) is 3.60. The first kappa shape index (κ1) is 15.2. The second kappa shape index (κ2) is 4.91. The number of hydrogen-bond acceptors (Lipinski definition) is 6. The number of urea groups is 1. The smallest absolute Gasteiger partial charge is 0.418 e. The van der Waals surface area contributed by atoms with E-state index in [0.29, 0.717) is 21.9 Å². The van der Waals surface area contributed by atoms with Gasteiger partial charge in [-0.3, -0.25) is 4.55 Å². The fraction of sp³-hybridized carbons (Fsp3) is 0.455. The number of rotatable bonds is 4. The molecule has 2 amide bonds. The number of hydrogen-bond donors (Lipinski definition) is 2. The maximum absolute atomic E-state index is 12.2. The molecule has 2 atom stereocenters. The number of carbonyl (C=O) groups excluding carboxylic acids is 1. The molecule has 2 aliphatic rings. The Morgan fingerprint density at radius 2 is 2.23 bits per heavy atom. The van der Waals surface area contributed by atoms with Gasteiger partial charge < -0.3 is 10.0 Å². The van der Waals surface area contributed by atoms with E-state index in [1.165, 1.54) is 11.3 Å². The summed E-state index contributed by atoms with van der Waals surface area (Å²) in [5, 5.41) is 9.93. The van der Waals surface area contributed by atoms with Crippen LogP contribution >= 0.6 is 11.3 Å². The third-order valence-corrected chi connectivity index (χ3v) is 5.30. The second-order valence-electron chi connectivity index (χ2n) is 4.91. The summed E-state index contributed by atoms with van der Waals surface area (Å²) in [4.78, 5) is 26.1. The van der Waals surface area contributed by atoms with E-state index in [4.69, 9.17) is 4.55 Å². The van der Waals surface area contributed by atoms with E-state index in [1.54, 1.807) is 6.07 Å². The monoisotopic (exact) mass is 348 g/mol. The van der Waals surface area contributed by atoms with E-state index in [-0.39, 0.29) is 6.54 Å². The van der Waals surface area contributed by atoms with E-state index in [1.807, 2.05) is 6.92 Å². The van der Waals surface area contributed by atoms with Gasteiger partial charge in [0.2, 0.25) is 0 Å². The van der Waals surface area contributed by atoms with Crippen molar-refractivity contribution in [1.29, 1.82) is 0 Å². The van der Waals surface area contributed by atoms with Crippen LogP contribution < -0.4 is 0 Å². The maximum atomic E-state index is 12.2. The topological polar surface area (TPSA) is 124 Å². The molecule has 0 aliphatic carbocycles. The van der Waals surface area contributed by atoms with Crippen molar-refractivity contribution < 1.29 is 31.9 Å². The first-order valence-corrected chi connectivity index (χ1v) is 8.53. The highest BCUT2D eigenvalue weighted by Crippen LogP contribution is 2.47. The lowest BCUT2D eigenvalue weighted by atomic mass is 9.99. The van der Waals surface area contributed by atoms with Gasteiger partial charge in [-0.1, -0.05) is 6.92 Å². The minimum atomic E-state index is -4.88. The molecular formula is C11H12N2O7S2. The molecule has 22 heavy (non-hydrogen) atoms. The Morgan fingerprint density at radius 1 is 1.55 bits per heavy atom. The molecule has 2 bridgehead atoms. The van der Waals surface area contributed by atoms with Gasteiger partial charge >= 0.3 is 22.4 Å². The van der Waals surface area contributed by atoms with Gasteiger partial charge in [0.1, 0.15) is 6.04 Å². The fourth-order valence-electron chi connectivity index (χ4n) is 2.73. The van der Waals surface area contributed by atoms with E-state index < -0.39 is 34.5 Å². The van der Waals surface area contributed by atoms with Crippen molar-refractivity contribution in [3.05, 3.63) is 21.4 Å². The molecule has 120 valence electrons. The summed E-state index contributed by atoms with van der Waals surface area (Å²) >= 11 is 1.27. The highest BCUT2D eigenvalue weighted by Gasteiger charge is 2.53. The Balaban J connectivity index is 2.10. The Kier molecular flexibility index (Phi) is 3.40. The van der Waals surface area contributed by atoms with Crippen molar-refractivity contribution in [3.63, 3.8) is 0 Å². The highest BCUT2D eigenvalue weighted by atomic mass is 32.3. The van der Waals surface area contributed by atoms with E-state index in [9.17, 15) is 23.1 Å². The molecule has 0 aromatic carbocycles. The quantitative estimate of drug-likeness (QED) is 0.777. The van der Waals surface area contributed by atoms with Crippen LogP contribution in [0.1, 0.15) is 34.3 Å². The number of aryl methyl sites for hydroxylation is 1. The lowest BCUT2D eigenvalue weighted by molar-refractivity contribution is -0.142. The van der Waals surface area contributed by atoms with Crippen LogP contribution in [0.15, 0.2) is 6.07 Å². The fourth-order valence-corrected chi connectivity index (χ4v) is 4.37. The maximum Gasteiger partial charge on any atom is 0.418 e. The number of carboxylic acid groups (broad SMARTS) is 1. The molecule has 1 aromatic rings. The molecule has 1 fully saturated rings. The number of amides is 2. The average Bonchev–Trinajstić information content (AvgIpc) is 2.94. The van der Waals surface area contributed by atoms with Crippen molar-refractivity contribution in [2.24, 2.45) is 0 Å². The summed E-state index contributed by atoms with van der Waals surface area (Å²) in [5.41, 5.74) is 0.542. The molecule has 0 spiro atoms. The van der Waals surface area contributed by atoms with Crippen LogP contribution in [0.4, 0.5) is 4.79 Å². The van der Waals surface area contributed by atoms with Crippen molar-refractivity contribution >= 4 is 33.7 Å². The second-order valence-corrected chi connectivity index (χ2v) is 7.08. The van der Waals surface area contributed by atoms with Gasteiger partial charge in [0, 0.05) is 9.75 Å². The minimum Gasteiger partial charge on any atom is -0.479 e. The first-order chi connectivity index (χ1) is 10.2. The Hall–Kier alpha value is -1.69. The number of thiophene rings is 1. The third kappa shape index (κ3) is 2.26. The molecule has 9 nitrogen and oxygen atoms in total. The van der Waals surface area contributed by atoms with Crippen molar-refractivity contribution in [1.82, 2.24) is 9.96 Å². The molecule has 2 unspecified atom stereocenters. The van der Waals surface area contributed by atoms with Crippen molar-refractivity contribution in [2.75, 3.05) is 6.54 Å². The van der Waals surface area contributed by atoms with Crippen molar-refractivity contribution in [2.45, 2.75) is 25.4 Å². The summed E-state index contributed by atoms with van der Waals surface area (Å²) < 4.78 is 35.0. The summed E-state index contributed by atoms with van der Waals surface area (Å²) in [5.74, 6) is -1.20. The largest absolute Gasteiger partial charge is 0.479 e. The number of carboxylic acids is 1. The van der Waals surface area contributed by atoms with E-state index in [2.05, 4.69) is 4.28 Å². The standard InChI is InChI=1S/C11H12N2O7S2/c1-2-5-3-6-7-4-12(8(10(14)15)9(6)21-5)11(16)13(7)20-22(17,18)19/h3,7-8H,2,4H2,1H3,(H,14,15)(H,17,18,19). The predicted molar refractivity (Wildman–Crippen MR) is 73.4 cm³/mol. The van der Waals surface area contributed by atoms with E-state index in [0.717, 1.165) is 9.78 Å². The number of nitrogens with zero attached hydrogens (tertiary/aromatic N) is 2. The lowest BCUT2D eigenvalue weighted by Gasteiger charge is -2.27. The van der Waals surface area contributed by atoms with Crippen LogP contribution in [-0.2, 0) is 25.9 Å². The average molecular weight is 348 g/mol. The van der Waals surface area contributed by atoms with Gasteiger partial charge in [-0.15, -0.1) is 15.6 Å². The highest BCUT2D eigenvalue weighted by molar-refractivity contribution is 7.80. The summed E-state index contributed by atoms with van der Waals surface area (Å²) in [7, 11) is -4.88. The molecule has 2 aliphatic heterocycles. The predicted octanol–water partition coefficient (Wildman–Crippen LogP) is 0.963. The van der Waals surface area contributed by atoms with Crippen LogP contribution in [0.25, 0.3) is 0 Å². The van der Waals surface area contributed by atoms with Crippen LogP contribution in [-0.4, -0.2) is 46.6 Å². The van der Waals surface area contributed by atoms with E-state index >= 15 is 0 Å². The number of carbonyl (C=O) groups is 2. The van der Waals surface area contributed by atoms with Crippen molar-refractivity contribution in [3.8, 4) is 0 Å². The zero-order valence-corrected chi connectivity index (χ0v) is 12.9. The molecule has 0 saturated carbocycles. The lowest BCUT2D eigenvalue weighted by Crippen LogP contribution is -2.38. The Labute approximate surface area is 129 Å². The molecule has 11 heteroatoms. The minimum absolute atomic E-state index is 0.0157. The van der Waals surface area contributed by atoms with Crippen LogP contribution in [0.5, 0.6) is 0 Å². The van der Waals surface area contributed by atoms with Gasteiger partial charge in [-0.05, 0) is 18.1 Å². The van der Waals surface area contributed by atoms with Gasteiger partial charge in [-0.2, -0.15) is 13.5 Å². The Bertz CT molecular complexity index is 756. The summed E-state index contributed by atoms with van der Waals surface area (Å²) in [6.45, 7) is 1.89. The molecule has 2 N–H and O–H groups in total. The zero-order valence-electron chi connectivity index (χ0n) is 11.3.